The summed E-state index contributed by atoms with van der Waals surface area (Å²) < 4.78 is 31.4. The number of nitrogens with zero attached hydrogens (tertiary/aromatic N) is 2. The third kappa shape index (κ3) is 5.93. The summed E-state index contributed by atoms with van der Waals surface area (Å²) in [6.45, 7) is 8.31. The van der Waals surface area contributed by atoms with E-state index in [1.165, 1.54) is 10.9 Å². The topological polar surface area (TPSA) is 52.9 Å². The minimum absolute atomic E-state index is 0.110. The lowest BCUT2D eigenvalue weighted by Crippen LogP contribution is -2.15. The molecule has 0 unspecified atom stereocenters. The molecule has 7 heteroatoms. The first-order valence-electron chi connectivity index (χ1n) is 9.03. The van der Waals surface area contributed by atoms with Gasteiger partial charge in [-0.3, -0.25) is 13.6 Å². The van der Waals surface area contributed by atoms with Crippen molar-refractivity contribution in [3.8, 4) is 0 Å². The second kappa shape index (κ2) is 9.16. The minimum atomic E-state index is -3.63. The van der Waals surface area contributed by atoms with E-state index in [0.29, 0.717) is 0 Å². The zero-order chi connectivity index (χ0) is 19.3. The molecule has 1 aromatic carbocycles. The van der Waals surface area contributed by atoms with Crippen molar-refractivity contribution in [2.45, 2.75) is 53.1 Å². The molecule has 2 rings (SSSR count). The Morgan fingerprint density at radius 1 is 1.08 bits per heavy atom. The predicted octanol–water partition coefficient (Wildman–Crippen LogP) is 4.68. The highest BCUT2D eigenvalue weighted by Gasteiger charge is 2.30. The van der Waals surface area contributed by atoms with Crippen LogP contribution >= 0.6 is 7.82 Å². The van der Waals surface area contributed by atoms with E-state index in [4.69, 9.17) is 13.6 Å². The average Bonchev–Trinajstić information content (AvgIpc) is 2.88. The van der Waals surface area contributed by atoms with Crippen LogP contribution in [0.25, 0.3) is 10.9 Å². The predicted molar refractivity (Wildman–Crippen MR) is 105 cm³/mol. The fourth-order valence-corrected chi connectivity index (χ4v) is 4.18. The molecular weight excluding hydrogens is 351 g/mol. The smallest absolute Gasteiger partial charge is 0.323 e. The quantitative estimate of drug-likeness (QED) is 0.559. The van der Waals surface area contributed by atoms with E-state index in [1.807, 2.05) is 50.5 Å². The largest absolute Gasteiger partial charge is 0.477 e. The lowest BCUT2D eigenvalue weighted by Gasteiger charge is -2.22. The number of fused-ring (bicyclic) bond motifs is 1. The van der Waals surface area contributed by atoms with Gasteiger partial charge in [-0.05, 0) is 59.8 Å². The number of para-hydroxylation sites is 1. The maximum atomic E-state index is 12.9. The third-order valence-corrected chi connectivity index (χ3v) is 5.53. The van der Waals surface area contributed by atoms with E-state index in [1.54, 1.807) is 0 Å². The van der Waals surface area contributed by atoms with E-state index >= 15 is 0 Å². The molecule has 1 heterocycles. The van der Waals surface area contributed by atoms with Crippen LogP contribution in [0.1, 0.15) is 33.3 Å². The van der Waals surface area contributed by atoms with Crippen LogP contribution in [0.4, 0.5) is 0 Å². The van der Waals surface area contributed by atoms with Gasteiger partial charge in [-0.25, -0.2) is 4.57 Å². The van der Waals surface area contributed by atoms with Crippen LogP contribution in [0, 0.1) is 0 Å². The molecule has 0 fully saturated rings. The van der Waals surface area contributed by atoms with Crippen molar-refractivity contribution in [1.82, 2.24) is 9.47 Å². The second-order valence-electron chi connectivity index (χ2n) is 7.21. The van der Waals surface area contributed by atoms with Gasteiger partial charge in [0.1, 0.15) is 6.73 Å². The normalized spacial score (nSPS) is 12.8. The molecule has 0 atom stereocenters. The number of hydrogen-bond donors (Lipinski definition) is 0. The van der Waals surface area contributed by atoms with Crippen LogP contribution in [-0.2, 0) is 31.3 Å². The van der Waals surface area contributed by atoms with Gasteiger partial charge in [-0.15, -0.1) is 0 Å². The molecule has 0 aliphatic rings. The van der Waals surface area contributed by atoms with Gasteiger partial charge in [-0.2, -0.15) is 0 Å². The molecule has 0 aliphatic carbocycles. The molecule has 26 heavy (non-hydrogen) atoms. The highest BCUT2D eigenvalue weighted by atomic mass is 31.2. The average molecular weight is 382 g/mol. The summed E-state index contributed by atoms with van der Waals surface area (Å²) >= 11 is 0. The number of phosphoric acid groups is 1. The first-order valence-corrected chi connectivity index (χ1v) is 10.5. The molecule has 0 N–H and O–H groups in total. The molecule has 0 bridgehead atoms. The molecule has 0 saturated carbocycles. The Morgan fingerprint density at radius 3 is 2.27 bits per heavy atom. The highest BCUT2D eigenvalue weighted by Crippen LogP contribution is 2.52. The first kappa shape index (κ1) is 21.1. The zero-order valence-corrected chi connectivity index (χ0v) is 17.5. The summed E-state index contributed by atoms with van der Waals surface area (Å²) in [6, 6.07) is 8.16. The number of aromatic nitrogens is 1. The highest BCUT2D eigenvalue weighted by molar-refractivity contribution is 7.48. The Hall–Kier alpha value is -1.17. The van der Waals surface area contributed by atoms with Crippen molar-refractivity contribution >= 4 is 18.7 Å². The van der Waals surface area contributed by atoms with Crippen LogP contribution in [0.15, 0.2) is 30.5 Å². The second-order valence-corrected chi connectivity index (χ2v) is 8.78. The third-order valence-electron chi connectivity index (χ3n) is 3.73. The molecule has 0 amide bonds. The van der Waals surface area contributed by atoms with Crippen molar-refractivity contribution < 1.29 is 18.1 Å². The van der Waals surface area contributed by atoms with Gasteiger partial charge in [0.05, 0.1) is 17.7 Å². The van der Waals surface area contributed by atoms with Crippen molar-refractivity contribution in [2.24, 2.45) is 0 Å². The molecule has 0 spiro atoms. The first-order chi connectivity index (χ1) is 12.2. The van der Waals surface area contributed by atoms with E-state index in [2.05, 4.69) is 31.3 Å². The van der Waals surface area contributed by atoms with E-state index in [9.17, 15) is 4.57 Å². The minimum Gasteiger partial charge on any atom is -0.323 e. The SMILES string of the molecule is CC(C)OP(=O)(OCn1cc(CCN(C)C)c2ccccc21)OC(C)C. The monoisotopic (exact) mass is 382 g/mol. The van der Waals surface area contributed by atoms with Gasteiger partial charge in [0.25, 0.3) is 0 Å². The number of rotatable bonds is 10. The number of hydrogen-bond acceptors (Lipinski definition) is 5. The van der Waals surface area contributed by atoms with Crippen LogP contribution in [0.2, 0.25) is 0 Å². The lowest BCUT2D eigenvalue weighted by molar-refractivity contribution is 0.0563. The van der Waals surface area contributed by atoms with Crippen LogP contribution in [0.5, 0.6) is 0 Å². The fourth-order valence-electron chi connectivity index (χ4n) is 2.71. The molecule has 0 saturated heterocycles. The van der Waals surface area contributed by atoms with Gasteiger partial charge < -0.3 is 9.47 Å². The maximum absolute atomic E-state index is 12.9. The van der Waals surface area contributed by atoms with Crippen molar-refractivity contribution in [2.75, 3.05) is 20.6 Å². The van der Waals surface area contributed by atoms with Gasteiger partial charge in [0.2, 0.25) is 0 Å². The molecular formula is C19H31N2O4P. The standard InChI is InChI=1S/C19H31N2O4P/c1-15(2)24-26(22,25-16(3)4)23-14-21-13-17(11-12-20(5)6)18-9-7-8-10-19(18)21/h7-10,13,15-16H,11-12,14H2,1-6H3. The van der Waals surface area contributed by atoms with Crippen LogP contribution in [-0.4, -0.2) is 42.3 Å². The van der Waals surface area contributed by atoms with Gasteiger partial charge >= 0.3 is 7.82 Å². The molecule has 2 aromatic rings. The summed E-state index contributed by atoms with van der Waals surface area (Å²) in [7, 11) is 0.495. The molecule has 0 aliphatic heterocycles. The Kier molecular flexibility index (Phi) is 7.44. The number of benzene rings is 1. The van der Waals surface area contributed by atoms with Gasteiger partial charge in [0.15, 0.2) is 0 Å². The van der Waals surface area contributed by atoms with Gasteiger partial charge in [0, 0.05) is 18.1 Å². The van der Waals surface area contributed by atoms with Gasteiger partial charge in [-0.1, -0.05) is 18.2 Å². The molecule has 146 valence electrons. The zero-order valence-electron chi connectivity index (χ0n) is 16.6. The molecule has 0 radical (unpaired) electrons. The molecule has 1 aromatic heterocycles. The Morgan fingerprint density at radius 2 is 1.69 bits per heavy atom. The summed E-state index contributed by atoms with van der Waals surface area (Å²) in [4.78, 5) is 2.16. The maximum Gasteiger partial charge on any atom is 0.477 e. The summed E-state index contributed by atoms with van der Waals surface area (Å²) in [5, 5.41) is 1.18. The van der Waals surface area contributed by atoms with Crippen molar-refractivity contribution in [1.29, 1.82) is 0 Å². The Balaban J connectivity index is 2.22. The summed E-state index contributed by atoms with van der Waals surface area (Å²) in [5.41, 5.74) is 2.28. The van der Waals surface area contributed by atoms with E-state index in [0.717, 1.165) is 18.5 Å². The van der Waals surface area contributed by atoms with Crippen LogP contribution < -0.4 is 0 Å². The van der Waals surface area contributed by atoms with E-state index in [-0.39, 0.29) is 18.9 Å². The molecule has 6 nitrogen and oxygen atoms in total. The van der Waals surface area contributed by atoms with Crippen LogP contribution in [0.3, 0.4) is 0 Å². The Bertz CT molecular complexity index is 741. The van der Waals surface area contributed by atoms with Crippen molar-refractivity contribution in [3.63, 3.8) is 0 Å². The van der Waals surface area contributed by atoms with Crippen molar-refractivity contribution in [3.05, 3.63) is 36.0 Å². The summed E-state index contributed by atoms with van der Waals surface area (Å²) in [6.07, 6.45) is 2.49. The summed E-state index contributed by atoms with van der Waals surface area (Å²) in [5.74, 6) is 0. The number of phosphoric ester groups is 1. The lowest BCUT2D eigenvalue weighted by atomic mass is 10.1. The Labute approximate surface area is 156 Å². The number of likely N-dealkylation sites (N-methyl/N-ethyl adjacent to an activating group) is 1. The fraction of sp³-hybridized carbons (Fsp3) is 0.579. The van der Waals surface area contributed by atoms with E-state index < -0.39 is 7.82 Å².